The molecule has 0 bridgehead atoms. The Hall–Kier alpha value is -1.75. The number of likely N-dealkylation sites (N-methyl/N-ethyl adjacent to an activating group) is 1. The maximum atomic E-state index is 10.6. The lowest BCUT2D eigenvalue weighted by molar-refractivity contribution is -0.138. The van der Waals surface area contributed by atoms with E-state index in [0.29, 0.717) is 6.54 Å². The van der Waals surface area contributed by atoms with Gasteiger partial charge in [-0.15, -0.1) is 0 Å². The molecule has 1 aromatic carbocycles. The molecule has 0 radical (unpaired) electrons. The summed E-state index contributed by atoms with van der Waals surface area (Å²) < 4.78 is 10.6. The van der Waals surface area contributed by atoms with Gasteiger partial charge in [-0.2, -0.15) is 0 Å². The van der Waals surface area contributed by atoms with E-state index in [9.17, 15) is 4.79 Å². The Bertz CT molecular complexity index is 444. The van der Waals surface area contributed by atoms with E-state index >= 15 is 0 Å². The molecule has 0 aliphatic carbocycles. The highest BCUT2D eigenvalue weighted by molar-refractivity contribution is 5.69. The summed E-state index contributed by atoms with van der Waals surface area (Å²) in [7, 11) is 1.78. The molecule has 0 spiro atoms. The number of carbonyl (C=O) groups is 1. The number of fused-ring (bicyclic) bond motifs is 1. The normalized spacial score (nSPS) is 13.1. The van der Waals surface area contributed by atoms with Crippen molar-refractivity contribution in [2.45, 2.75) is 13.5 Å². The van der Waals surface area contributed by atoms with Crippen LogP contribution in [0.3, 0.4) is 0 Å². The molecular weight excluding hydrogens is 222 g/mol. The van der Waals surface area contributed by atoms with Crippen LogP contribution in [0, 0.1) is 6.92 Å². The van der Waals surface area contributed by atoms with Gasteiger partial charge in [0, 0.05) is 6.54 Å². The third-order valence-corrected chi connectivity index (χ3v) is 2.68. The minimum absolute atomic E-state index is 0.0217. The zero-order valence-electron chi connectivity index (χ0n) is 9.90. The number of ether oxygens (including phenoxy) is 2. The van der Waals surface area contributed by atoms with Crippen molar-refractivity contribution >= 4 is 5.97 Å². The van der Waals surface area contributed by atoms with Crippen molar-refractivity contribution in [3.8, 4) is 11.5 Å². The Labute approximate surface area is 99.6 Å². The van der Waals surface area contributed by atoms with Gasteiger partial charge in [-0.1, -0.05) is 0 Å². The fraction of sp³-hybridized carbons (Fsp3) is 0.417. The van der Waals surface area contributed by atoms with Crippen LogP contribution in [0.15, 0.2) is 12.1 Å². The standard InChI is InChI=1S/C12H15NO4/c1-8-3-10-11(17-7-16-10)4-9(8)5-13(2)6-12(14)15/h3-4H,5-7H2,1-2H3,(H,14,15). The van der Waals surface area contributed by atoms with Crippen LogP contribution in [0.4, 0.5) is 0 Å². The quantitative estimate of drug-likeness (QED) is 0.853. The largest absolute Gasteiger partial charge is 0.480 e. The summed E-state index contributed by atoms with van der Waals surface area (Å²) in [6.45, 7) is 2.83. The van der Waals surface area contributed by atoms with E-state index < -0.39 is 5.97 Å². The van der Waals surface area contributed by atoms with Gasteiger partial charge in [-0.3, -0.25) is 9.69 Å². The number of carboxylic acid groups (broad SMARTS) is 1. The van der Waals surface area contributed by atoms with Crippen LogP contribution in [-0.4, -0.2) is 36.4 Å². The molecule has 0 amide bonds. The molecule has 17 heavy (non-hydrogen) atoms. The second kappa shape index (κ2) is 4.63. The molecule has 0 aromatic heterocycles. The summed E-state index contributed by atoms with van der Waals surface area (Å²) in [5.41, 5.74) is 2.13. The van der Waals surface area contributed by atoms with Crippen LogP contribution in [0.2, 0.25) is 0 Å². The Balaban J connectivity index is 2.13. The third-order valence-electron chi connectivity index (χ3n) is 2.68. The highest BCUT2D eigenvalue weighted by atomic mass is 16.7. The maximum Gasteiger partial charge on any atom is 0.317 e. The molecule has 1 aliphatic rings. The molecule has 0 saturated heterocycles. The van der Waals surface area contributed by atoms with Gasteiger partial charge in [-0.05, 0) is 37.2 Å². The van der Waals surface area contributed by atoms with Gasteiger partial charge < -0.3 is 14.6 Å². The fourth-order valence-electron chi connectivity index (χ4n) is 1.83. The van der Waals surface area contributed by atoms with Crippen molar-refractivity contribution in [2.75, 3.05) is 20.4 Å². The second-order valence-electron chi connectivity index (χ2n) is 4.20. The summed E-state index contributed by atoms with van der Waals surface area (Å²) in [5.74, 6) is 0.660. The van der Waals surface area contributed by atoms with E-state index in [2.05, 4.69) is 0 Å². The van der Waals surface area contributed by atoms with Crippen LogP contribution in [-0.2, 0) is 11.3 Å². The first-order chi connectivity index (χ1) is 8.06. The highest BCUT2D eigenvalue weighted by Gasteiger charge is 2.16. The van der Waals surface area contributed by atoms with Crippen LogP contribution in [0.5, 0.6) is 11.5 Å². The lowest BCUT2D eigenvalue weighted by Crippen LogP contribution is -2.25. The number of carboxylic acids is 1. The molecule has 1 aliphatic heterocycles. The number of aryl methyl sites for hydroxylation is 1. The molecule has 1 aromatic rings. The van der Waals surface area contributed by atoms with Gasteiger partial charge in [0.05, 0.1) is 6.54 Å². The van der Waals surface area contributed by atoms with Gasteiger partial charge in [0.25, 0.3) is 0 Å². The molecule has 0 unspecified atom stereocenters. The molecule has 2 rings (SSSR count). The van der Waals surface area contributed by atoms with Gasteiger partial charge in [-0.25, -0.2) is 0 Å². The lowest BCUT2D eigenvalue weighted by Gasteiger charge is -2.16. The number of hydrogen-bond acceptors (Lipinski definition) is 4. The number of benzene rings is 1. The van der Waals surface area contributed by atoms with E-state index in [1.54, 1.807) is 11.9 Å². The van der Waals surface area contributed by atoms with Crippen LogP contribution < -0.4 is 9.47 Å². The van der Waals surface area contributed by atoms with Crippen molar-refractivity contribution in [3.63, 3.8) is 0 Å². The predicted molar refractivity (Wildman–Crippen MR) is 61.3 cm³/mol. The van der Waals surface area contributed by atoms with Crippen LogP contribution in [0.1, 0.15) is 11.1 Å². The first-order valence-corrected chi connectivity index (χ1v) is 5.35. The van der Waals surface area contributed by atoms with Crippen molar-refractivity contribution in [3.05, 3.63) is 23.3 Å². The number of hydrogen-bond donors (Lipinski definition) is 1. The van der Waals surface area contributed by atoms with Gasteiger partial charge in [0.15, 0.2) is 11.5 Å². The Morgan fingerprint density at radius 2 is 2.06 bits per heavy atom. The van der Waals surface area contributed by atoms with E-state index in [0.717, 1.165) is 22.6 Å². The average Bonchev–Trinajstić information content (AvgIpc) is 2.63. The monoisotopic (exact) mass is 237 g/mol. The van der Waals surface area contributed by atoms with Crippen molar-refractivity contribution in [2.24, 2.45) is 0 Å². The molecule has 0 fully saturated rings. The summed E-state index contributed by atoms with van der Waals surface area (Å²) in [4.78, 5) is 12.3. The van der Waals surface area contributed by atoms with Gasteiger partial charge in [0.1, 0.15) is 0 Å². The predicted octanol–water partition coefficient (Wildman–Crippen LogP) is 1.24. The van der Waals surface area contributed by atoms with E-state index in [-0.39, 0.29) is 13.3 Å². The van der Waals surface area contributed by atoms with Crippen molar-refractivity contribution in [1.29, 1.82) is 0 Å². The Kier molecular flexibility index (Phi) is 3.19. The molecule has 1 heterocycles. The third kappa shape index (κ3) is 2.68. The van der Waals surface area contributed by atoms with E-state index in [1.165, 1.54) is 0 Å². The molecule has 0 atom stereocenters. The molecular formula is C12H15NO4. The summed E-state index contributed by atoms with van der Waals surface area (Å²) >= 11 is 0. The van der Waals surface area contributed by atoms with Crippen LogP contribution in [0.25, 0.3) is 0 Å². The second-order valence-corrected chi connectivity index (χ2v) is 4.20. The summed E-state index contributed by atoms with van der Waals surface area (Å²) in [5, 5.41) is 8.70. The number of rotatable bonds is 4. The molecule has 0 saturated carbocycles. The van der Waals surface area contributed by atoms with Crippen molar-refractivity contribution in [1.82, 2.24) is 4.90 Å². The Morgan fingerprint density at radius 3 is 2.71 bits per heavy atom. The smallest absolute Gasteiger partial charge is 0.317 e. The number of aliphatic carboxylic acids is 1. The van der Waals surface area contributed by atoms with Crippen LogP contribution >= 0.6 is 0 Å². The van der Waals surface area contributed by atoms with E-state index in [4.69, 9.17) is 14.6 Å². The minimum Gasteiger partial charge on any atom is -0.480 e. The summed E-state index contributed by atoms with van der Waals surface area (Å²) in [6, 6.07) is 3.84. The highest BCUT2D eigenvalue weighted by Crippen LogP contribution is 2.34. The van der Waals surface area contributed by atoms with Gasteiger partial charge in [0.2, 0.25) is 6.79 Å². The molecule has 5 heteroatoms. The zero-order valence-corrected chi connectivity index (χ0v) is 9.90. The SMILES string of the molecule is Cc1cc2c(cc1CN(C)CC(=O)O)OCO2. The molecule has 92 valence electrons. The van der Waals surface area contributed by atoms with Crippen molar-refractivity contribution < 1.29 is 19.4 Å². The van der Waals surface area contributed by atoms with E-state index in [1.807, 2.05) is 19.1 Å². The lowest BCUT2D eigenvalue weighted by atomic mass is 10.1. The zero-order chi connectivity index (χ0) is 12.4. The summed E-state index contributed by atoms with van der Waals surface area (Å²) in [6.07, 6.45) is 0. The average molecular weight is 237 g/mol. The topological polar surface area (TPSA) is 59.0 Å². The molecule has 1 N–H and O–H groups in total. The van der Waals surface area contributed by atoms with Gasteiger partial charge >= 0.3 is 5.97 Å². The first-order valence-electron chi connectivity index (χ1n) is 5.35. The molecule has 5 nitrogen and oxygen atoms in total. The Morgan fingerprint density at radius 1 is 1.41 bits per heavy atom. The minimum atomic E-state index is -0.828. The maximum absolute atomic E-state index is 10.6. The first kappa shape index (κ1) is 11.7. The fourth-order valence-corrected chi connectivity index (χ4v) is 1.83. The number of nitrogens with zero attached hydrogens (tertiary/aromatic N) is 1.